The van der Waals surface area contributed by atoms with Crippen molar-refractivity contribution >= 4 is 44.6 Å². The Kier molecular flexibility index (Phi) is 9.98. The summed E-state index contributed by atoms with van der Waals surface area (Å²) in [6, 6.07) is 5.08. The molecule has 4 amide bonds. The molecule has 2 saturated carbocycles. The second-order valence-corrected chi connectivity index (χ2v) is 16.0. The van der Waals surface area contributed by atoms with Crippen LogP contribution in [-0.4, -0.2) is 89.9 Å². The summed E-state index contributed by atoms with van der Waals surface area (Å²) in [6.07, 6.45) is 6.88. The molecule has 2 aromatic rings. The molecule has 1 aromatic heterocycles. The number of hydrogen-bond acceptors (Lipinski definition) is 9. The van der Waals surface area contributed by atoms with Gasteiger partial charge in [0.25, 0.3) is 5.91 Å². The largest absolute Gasteiger partial charge is 0.494 e. The van der Waals surface area contributed by atoms with Gasteiger partial charge in [0.2, 0.25) is 27.7 Å². The zero-order chi connectivity index (χ0) is 35.8. The van der Waals surface area contributed by atoms with E-state index in [2.05, 4.69) is 20.3 Å². The molecule has 50 heavy (non-hydrogen) atoms. The van der Waals surface area contributed by atoms with E-state index in [0.717, 1.165) is 11.8 Å². The molecule has 3 fully saturated rings. The van der Waals surface area contributed by atoms with E-state index in [1.165, 1.54) is 18.2 Å². The lowest BCUT2D eigenvalue weighted by Crippen LogP contribution is -2.59. The van der Waals surface area contributed by atoms with E-state index in [9.17, 15) is 32.7 Å². The van der Waals surface area contributed by atoms with Gasteiger partial charge in [0.05, 0.1) is 25.1 Å². The van der Waals surface area contributed by atoms with Crippen LogP contribution >= 0.6 is 0 Å². The van der Waals surface area contributed by atoms with Gasteiger partial charge in [-0.1, -0.05) is 50.6 Å². The molecule has 1 saturated heterocycles. The first-order valence-electron chi connectivity index (χ1n) is 17.3. The van der Waals surface area contributed by atoms with Crippen LogP contribution in [0.1, 0.15) is 65.2 Å². The number of hydrogen-bond donors (Lipinski definition) is 4. The third-order valence-electron chi connectivity index (χ3n) is 10.5. The Morgan fingerprint density at radius 2 is 1.88 bits per heavy atom. The average Bonchev–Trinajstić information content (AvgIpc) is 4.01. The summed E-state index contributed by atoms with van der Waals surface area (Å²) in [5.74, 6) is -1.87. The van der Waals surface area contributed by atoms with Gasteiger partial charge in [-0.2, -0.15) is 0 Å². The molecule has 4 aliphatic rings. The fourth-order valence-electron chi connectivity index (χ4n) is 7.40. The van der Waals surface area contributed by atoms with Gasteiger partial charge in [-0.25, -0.2) is 18.2 Å². The standard InChI is InChI=1S/C35H45N5O9S/c1-4-21-15-20(2)9-5-6-10-22-17-35(22,33(43)39-50(46,47)24-13-14-24)38-30(41)27-16-23(19-40(27)32(42)29(21)37-34(44)45)49-31-26-12-8-7-11-25(26)28(48-3)18-36-31/h6-8,10-12,18,20-24,27,29,37H,4-5,9,13-17,19H2,1-3H3,(H,38,41)(H,39,43)(H,44,45). The maximum Gasteiger partial charge on any atom is 0.405 e. The lowest BCUT2D eigenvalue weighted by molar-refractivity contribution is -0.142. The summed E-state index contributed by atoms with van der Waals surface area (Å²) < 4.78 is 39.6. The monoisotopic (exact) mass is 711 g/mol. The highest BCUT2D eigenvalue weighted by atomic mass is 32.2. The number of amides is 4. The molecule has 14 nitrogen and oxygen atoms in total. The van der Waals surface area contributed by atoms with Gasteiger partial charge < -0.3 is 30.1 Å². The van der Waals surface area contributed by atoms with E-state index < -0.39 is 68.7 Å². The number of aromatic nitrogens is 1. The van der Waals surface area contributed by atoms with Gasteiger partial charge in [0.1, 0.15) is 29.5 Å². The van der Waals surface area contributed by atoms with Gasteiger partial charge in [0, 0.05) is 23.1 Å². The van der Waals surface area contributed by atoms with E-state index in [0.29, 0.717) is 43.2 Å². The SMILES string of the molecule is CCC1CC(C)CCC=CC2CC2(C(=O)NS(=O)(=O)C2CC2)NC(=O)C2CC(Oc3ncc(OC)c4ccccc34)CN2C(=O)C1NC(=O)O. The Hall–Kier alpha value is -4.40. The number of methoxy groups -OCH3 is 1. The van der Waals surface area contributed by atoms with Gasteiger partial charge in [-0.05, 0) is 56.4 Å². The number of carbonyl (C=O) groups is 4. The van der Waals surface area contributed by atoms with Gasteiger partial charge in [-0.3, -0.25) is 19.1 Å². The minimum Gasteiger partial charge on any atom is -0.494 e. The Balaban J connectivity index is 1.35. The number of sulfonamides is 1. The van der Waals surface area contributed by atoms with Crippen LogP contribution in [-0.2, 0) is 24.4 Å². The Labute approximate surface area is 291 Å². The molecule has 7 atom stereocenters. The summed E-state index contributed by atoms with van der Waals surface area (Å²) >= 11 is 0. The first-order valence-corrected chi connectivity index (χ1v) is 18.8. The molecule has 6 rings (SSSR count). The maximum absolute atomic E-state index is 14.5. The van der Waals surface area contributed by atoms with Crippen LogP contribution in [0.5, 0.6) is 11.6 Å². The molecule has 2 aliphatic heterocycles. The molecule has 4 N–H and O–H groups in total. The van der Waals surface area contributed by atoms with Crippen LogP contribution in [0, 0.1) is 17.8 Å². The van der Waals surface area contributed by atoms with E-state index >= 15 is 0 Å². The predicted molar refractivity (Wildman–Crippen MR) is 183 cm³/mol. The number of carboxylic acid groups (broad SMARTS) is 1. The van der Waals surface area contributed by atoms with Crippen molar-refractivity contribution in [2.75, 3.05) is 13.7 Å². The minimum atomic E-state index is -3.90. The molecule has 2 aliphatic carbocycles. The molecule has 15 heteroatoms. The first kappa shape index (κ1) is 35.4. The van der Waals surface area contributed by atoms with E-state index in [1.807, 2.05) is 50.3 Å². The van der Waals surface area contributed by atoms with Gasteiger partial charge >= 0.3 is 6.09 Å². The second kappa shape index (κ2) is 14.1. The van der Waals surface area contributed by atoms with Crippen molar-refractivity contribution in [2.45, 2.75) is 94.2 Å². The summed E-state index contributed by atoms with van der Waals surface area (Å²) in [4.78, 5) is 60.2. The molecule has 0 spiro atoms. The number of rotatable bonds is 8. The number of nitrogens with zero attached hydrogens (tertiary/aromatic N) is 2. The number of ether oxygens (including phenoxy) is 2. The molecule has 0 radical (unpaired) electrons. The van der Waals surface area contributed by atoms with E-state index in [4.69, 9.17) is 9.47 Å². The van der Waals surface area contributed by atoms with Gasteiger partial charge in [0.15, 0.2) is 0 Å². The minimum absolute atomic E-state index is 0.0190. The predicted octanol–water partition coefficient (Wildman–Crippen LogP) is 3.11. The van der Waals surface area contributed by atoms with Crippen molar-refractivity contribution in [3.05, 3.63) is 42.6 Å². The zero-order valence-corrected chi connectivity index (χ0v) is 29.3. The lowest BCUT2D eigenvalue weighted by Gasteiger charge is -2.33. The highest BCUT2D eigenvalue weighted by Crippen LogP contribution is 2.46. The quantitative estimate of drug-likeness (QED) is 0.296. The maximum atomic E-state index is 14.5. The first-order chi connectivity index (χ1) is 23.9. The third-order valence-corrected chi connectivity index (χ3v) is 12.3. The van der Waals surface area contributed by atoms with E-state index in [1.54, 1.807) is 0 Å². The molecular formula is C35H45N5O9S. The van der Waals surface area contributed by atoms with Crippen LogP contribution in [0.25, 0.3) is 10.8 Å². The number of nitrogens with one attached hydrogen (secondary N) is 3. The highest BCUT2D eigenvalue weighted by molar-refractivity contribution is 7.91. The van der Waals surface area contributed by atoms with Crippen LogP contribution in [0.4, 0.5) is 4.79 Å². The van der Waals surface area contributed by atoms with Crippen molar-refractivity contribution in [1.29, 1.82) is 0 Å². The Morgan fingerprint density at radius 3 is 2.56 bits per heavy atom. The number of carbonyl (C=O) groups excluding carboxylic acids is 3. The van der Waals surface area contributed by atoms with Crippen LogP contribution < -0.4 is 24.8 Å². The van der Waals surface area contributed by atoms with Crippen molar-refractivity contribution < 1.29 is 42.2 Å². The van der Waals surface area contributed by atoms with Crippen LogP contribution in [0.2, 0.25) is 0 Å². The van der Waals surface area contributed by atoms with Crippen molar-refractivity contribution in [2.24, 2.45) is 17.8 Å². The third kappa shape index (κ3) is 7.23. The normalized spacial score (nSPS) is 30.3. The Morgan fingerprint density at radius 1 is 1.14 bits per heavy atom. The number of benzene rings is 1. The van der Waals surface area contributed by atoms with Crippen LogP contribution in [0.15, 0.2) is 42.6 Å². The van der Waals surface area contributed by atoms with Crippen molar-refractivity contribution in [3.8, 4) is 11.6 Å². The fraction of sp³-hybridized carbons (Fsp3) is 0.571. The molecule has 7 unspecified atom stereocenters. The molecule has 3 heterocycles. The summed E-state index contributed by atoms with van der Waals surface area (Å²) in [7, 11) is -2.36. The number of pyridine rings is 1. The average molecular weight is 712 g/mol. The highest BCUT2D eigenvalue weighted by Gasteiger charge is 2.62. The summed E-state index contributed by atoms with van der Waals surface area (Å²) in [6.45, 7) is 3.90. The molecule has 1 aromatic carbocycles. The lowest BCUT2D eigenvalue weighted by atomic mass is 9.85. The number of allylic oxidation sites excluding steroid dienone is 1. The second-order valence-electron chi connectivity index (χ2n) is 14.0. The fourth-order valence-corrected chi connectivity index (χ4v) is 8.77. The Bertz CT molecular complexity index is 1800. The zero-order valence-electron chi connectivity index (χ0n) is 28.5. The van der Waals surface area contributed by atoms with Crippen molar-refractivity contribution in [3.63, 3.8) is 0 Å². The molecule has 0 bridgehead atoms. The molecule has 270 valence electrons. The smallest absolute Gasteiger partial charge is 0.405 e. The topological polar surface area (TPSA) is 193 Å². The van der Waals surface area contributed by atoms with Gasteiger partial charge in [-0.15, -0.1) is 0 Å². The molecular weight excluding hydrogens is 666 g/mol. The summed E-state index contributed by atoms with van der Waals surface area (Å²) in [5, 5.41) is 15.9. The van der Waals surface area contributed by atoms with Crippen molar-refractivity contribution in [1.82, 2.24) is 25.2 Å². The summed E-state index contributed by atoms with van der Waals surface area (Å²) in [5.41, 5.74) is -1.52. The number of fused-ring (bicyclic) bond motifs is 3. The van der Waals surface area contributed by atoms with Crippen LogP contribution in [0.3, 0.4) is 0 Å². The van der Waals surface area contributed by atoms with E-state index in [-0.39, 0.29) is 37.1 Å².